The van der Waals surface area contributed by atoms with Crippen molar-refractivity contribution in [3.8, 4) is 0 Å². The summed E-state index contributed by atoms with van der Waals surface area (Å²) in [6.07, 6.45) is 3.04. The zero-order valence-corrected chi connectivity index (χ0v) is 4.35. The van der Waals surface area contributed by atoms with E-state index >= 15 is 0 Å². The summed E-state index contributed by atoms with van der Waals surface area (Å²) in [6, 6.07) is 0. The van der Waals surface area contributed by atoms with Gasteiger partial charge in [-0.25, -0.2) is 0 Å². The summed E-state index contributed by atoms with van der Waals surface area (Å²) < 4.78 is 4.68. The third-order valence-corrected chi connectivity index (χ3v) is 0.808. The third-order valence-electron chi connectivity index (χ3n) is 0.593. The van der Waals surface area contributed by atoms with Crippen LogP contribution >= 0.6 is 11.6 Å². The predicted octanol–water partition coefficient (Wildman–Crippen LogP) is 1.23. The molecule has 0 aromatic rings. The van der Waals surface area contributed by atoms with Crippen molar-refractivity contribution in [2.24, 2.45) is 0 Å². The van der Waals surface area contributed by atoms with E-state index in [4.69, 9.17) is 11.6 Å². The molecule has 0 bridgehead atoms. The van der Waals surface area contributed by atoms with Gasteiger partial charge in [0.05, 0.1) is 12.5 Å². The van der Waals surface area contributed by atoms with E-state index in [1.54, 1.807) is 19.5 Å². The Morgan fingerprint density at radius 2 is 2.57 bits per heavy atom. The maximum atomic E-state index is 5.45. The summed E-state index contributed by atoms with van der Waals surface area (Å²) in [5.74, 6) is 1.74. The van der Waals surface area contributed by atoms with Gasteiger partial charge < -0.3 is 4.74 Å². The standard InChI is InChI=1S/C4H3BClO/c6-4-3-7-2-1-5-4/h1-3H. The van der Waals surface area contributed by atoms with Gasteiger partial charge in [-0.1, -0.05) is 17.6 Å². The first kappa shape index (κ1) is 4.79. The summed E-state index contributed by atoms with van der Waals surface area (Å²) in [6.45, 7) is 0. The molecule has 0 aliphatic carbocycles. The molecular weight excluding hydrogens is 110 g/mol. The van der Waals surface area contributed by atoms with Crippen molar-refractivity contribution in [3.05, 3.63) is 23.4 Å². The second kappa shape index (κ2) is 2.08. The van der Waals surface area contributed by atoms with E-state index in [-0.39, 0.29) is 0 Å². The Bertz CT molecular complexity index is 119. The minimum absolute atomic E-state index is 0.627. The average Bonchev–Trinajstić information content (AvgIpc) is 1.69. The van der Waals surface area contributed by atoms with E-state index in [0.29, 0.717) is 4.93 Å². The molecule has 0 saturated carbocycles. The van der Waals surface area contributed by atoms with E-state index in [1.165, 1.54) is 6.26 Å². The average molecular weight is 113 g/mol. The fraction of sp³-hybridized carbons (Fsp3) is 0. The van der Waals surface area contributed by atoms with Crippen molar-refractivity contribution >= 4 is 18.9 Å². The van der Waals surface area contributed by atoms with Crippen molar-refractivity contribution in [1.82, 2.24) is 0 Å². The van der Waals surface area contributed by atoms with E-state index in [9.17, 15) is 0 Å². The lowest BCUT2D eigenvalue weighted by Gasteiger charge is -1.96. The first-order valence-corrected chi connectivity index (χ1v) is 2.28. The van der Waals surface area contributed by atoms with Crippen LogP contribution in [0.2, 0.25) is 0 Å². The highest BCUT2D eigenvalue weighted by atomic mass is 35.5. The highest BCUT2D eigenvalue weighted by Gasteiger charge is 1.93. The summed E-state index contributed by atoms with van der Waals surface area (Å²) in [7, 11) is 1.76. The normalized spacial score (nSPS) is 17.0. The van der Waals surface area contributed by atoms with Crippen LogP contribution < -0.4 is 0 Å². The van der Waals surface area contributed by atoms with Crippen LogP contribution in [0.5, 0.6) is 0 Å². The molecule has 1 radical (unpaired) electrons. The molecule has 0 fully saturated rings. The van der Waals surface area contributed by atoms with Crippen LogP contribution in [0.4, 0.5) is 0 Å². The molecule has 1 nitrogen and oxygen atoms in total. The molecule has 0 atom stereocenters. The van der Waals surface area contributed by atoms with E-state index in [1.807, 2.05) is 0 Å². The molecular formula is C4H3BClO. The zero-order chi connectivity index (χ0) is 5.11. The summed E-state index contributed by atoms with van der Waals surface area (Å²) in [4.78, 5) is 0.627. The Kier molecular flexibility index (Phi) is 1.42. The molecule has 35 valence electrons. The predicted molar refractivity (Wildman–Crippen MR) is 29.9 cm³/mol. The molecule has 0 spiro atoms. The molecule has 0 unspecified atom stereocenters. The van der Waals surface area contributed by atoms with Gasteiger partial charge in [0.25, 0.3) is 0 Å². The van der Waals surface area contributed by atoms with E-state index in [2.05, 4.69) is 4.74 Å². The molecule has 1 rings (SSSR count). The molecule has 7 heavy (non-hydrogen) atoms. The first-order chi connectivity index (χ1) is 3.39. The molecule has 0 aromatic heterocycles. The maximum absolute atomic E-state index is 5.45. The molecule has 0 amide bonds. The Labute approximate surface area is 47.9 Å². The van der Waals surface area contributed by atoms with Gasteiger partial charge in [0.15, 0.2) is 0 Å². The largest absolute Gasteiger partial charge is 0.473 e. The number of halogens is 1. The molecule has 1 aliphatic rings. The minimum Gasteiger partial charge on any atom is -0.473 e. The summed E-state index contributed by atoms with van der Waals surface area (Å²) in [5, 5.41) is 0. The highest BCUT2D eigenvalue weighted by molar-refractivity contribution is 6.67. The highest BCUT2D eigenvalue weighted by Crippen LogP contribution is 2.03. The third kappa shape index (κ3) is 1.28. The number of hydrogen-bond donors (Lipinski definition) is 0. The van der Waals surface area contributed by atoms with Crippen LogP contribution in [-0.2, 0) is 4.74 Å². The number of ether oxygens (including phenoxy) is 1. The summed E-state index contributed by atoms with van der Waals surface area (Å²) >= 11 is 5.45. The Morgan fingerprint density at radius 1 is 1.71 bits per heavy atom. The molecule has 3 heteroatoms. The van der Waals surface area contributed by atoms with Gasteiger partial charge in [-0.05, 0) is 0 Å². The van der Waals surface area contributed by atoms with Gasteiger partial charge in [0.2, 0.25) is 7.28 Å². The van der Waals surface area contributed by atoms with Crippen molar-refractivity contribution < 1.29 is 4.74 Å². The van der Waals surface area contributed by atoms with Crippen molar-refractivity contribution in [2.75, 3.05) is 0 Å². The quantitative estimate of drug-likeness (QED) is 0.429. The Balaban J connectivity index is 2.50. The number of rotatable bonds is 0. The van der Waals surface area contributed by atoms with Gasteiger partial charge in [-0.15, -0.1) is 0 Å². The van der Waals surface area contributed by atoms with Crippen molar-refractivity contribution in [1.29, 1.82) is 0 Å². The van der Waals surface area contributed by atoms with E-state index < -0.39 is 0 Å². The van der Waals surface area contributed by atoms with E-state index in [0.717, 1.165) is 0 Å². The van der Waals surface area contributed by atoms with Crippen LogP contribution in [0.1, 0.15) is 0 Å². The Hall–Kier alpha value is -0.365. The lowest BCUT2D eigenvalue weighted by molar-refractivity contribution is 0.401. The van der Waals surface area contributed by atoms with Crippen LogP contribution in [-0.4, -0.2) is 7.28 Å². The van der Waals surface area contributed by atoms with Gasteiger partial charge in [-0.2, -0.15) is 0 Å². The SMILES string of the molecule is ClC1=COC=C[B]1. The van der Waals surface area contributed by atoms with Crippen molar-refractivity contribution in [2.45, 2.75) is 0 Å². The van der Waals surface area contributed by atoms with Gasteiger partial charge in [0.1, 0.15) is 0 Å². The van der Waals surface area contributed by atoms with Crippen LogP contribution in [0.25, 0.3) is 0 Å². The van der Waals surface area contributed by atoms with Crippen molar-refractivity contribution in [3.63, 3.8) is 0 Å². The molecule has 0 aromatic carbocycles. The minimum atomic E-state index is 0.627. The summed E-state index contributed by atoms with van der Waals surface area (Å²) in [5.41, 5.74) is 0. The first-order valence-electron chi connectivity index (χ1n) is 1.90. The van der Waals surface area contributed by atoms with Gasteiger partial charge in [-0.3, -0.25) is 0 Å². The fourth-order valence-electron chi connectivity index (χ4n) is 0.320. The zero-order valence-electron chi connectivity index (χ0n) is 3.60. The lowest BCUT2D eigenvalue weighted by Crippen LogP contribution is -1.90. The van der Waals surface area contributed by atoms with Crippen LogP contribution in [0.15, 0.2) is 23.4 Å². The van der Waals surface area contributed by atoms with Gasteiger partial charge in [0, 0.05) is 4.93 Å². The van der Waals surface area contributed by atoms with Crippen LogP contribution in [0.3, 0.4) is 0 Å². The molecule has 0 saturated heterocycles. The topological polar surface area (TPSA) is 9.23 Å². The molecule has 0 N–H and O–H groups in total. The second-order valence-electron chi connectivity index (χ2n) is 1.13. The lowest BCUT2D eigenvalue weighted by atomic mass is 9.78. The number of hydrogen-bond acceptors (Lipinski definition) is 1. The smallest absolute Gasteiger partial charge is 0.205 e. The Morgan fingerprint density at radius 3 is 2.86 bits per heavy atom. The molecule has 1 heterocycles. The van der Waals surface area contributed by atoms with Crippen LogP contribution in [0, 0.1) is 0 Å². The fourth-order valence-corrected chi connectivity index (χ4v) is 0.444. The monoisotopic (exact) mass is 113 g/mol. The molecule has 1 aliphatic heterocycles. The second-order valence-corrected chi connectivity index (χ2v) is 1.57. The maximum Gasteiger partial charge on any atom is 0.205 e. The van der Waals surface area contributed by atoms with Gasteiger partial charge >= 0.3 is 0 Å².